The van der Waals surface area contributed by atoms with Gasteiger partial charge in [0.25, 0.3) is 5.56 Å². The summed E-state index contributed by atoms with van der Waals surface area (Å²) in [5, 5.41) is 0. The molecule has 36 heavy (non-hydrogen) atoms. The van der Waals surface area contributed by atoms with Crippen molar-refractivity contribution in [2.24, 2.45) is 0 Å². The van der Waals surface area contributed by atoms with E-state index in [1.807, 2.05) is 69.3 Å². The minimum absolute atomic E-state index is 0.122. The van der Waals surface area contributed by atoms with Gasteiger partial charge in [-0.25, -0.2) is 9.37 Å². The Hall–Kier alpha value is -3.90. The van der Waals surface area contributed by atoms with Gasteiger partial charge in [0, 0.05) is 23.2 Å². The molecule has 0 aliphatic carbocycles. The van der Waals surface area contributed by atoms with Crippen molar-refractivity contribution >= 4 is 11.3 Å². The fourth-order valence-corrected chi connectivity index (χ4v) is 5.77. The number of aryl methyl sites for hydroxylation is 4. The van der Waals surface area contributed by atoms with Gasteiger partial charge in [0.05, 0.1) is 21.8 Å². The van der Waals surface area contributed by atoms with Gasteiger partial charge in [0.2, 0.25) is 0 Å². The number of halogens is 1. The van der Waals surface area contributed by atoms with E-state index in [1.54, 1.807) is 34.2 Å². The van der Waals surface area contributed by atoms with E-state index in [-0.39, 0.29) is 11.4 Å². The maximum Gasteiger partial charge on any atom is 0.262 e. The van der Waals surface area contributed by atoms with Gasteiger partial charge >= 0.3 is 0 Å². The number of hydrogen-bond acceptors (Lipinski definition) is 4. The summed E-state index contributed by atoms with van der Waals surface area (Å²) in [6, 6.07) is 22.3. The molecule has 0 saturated carbocycles. The van der Waals surface area contributed by atoms with Crippen LogP contribution in [0.2, 0.25) is 0 Å². The Morgan fingerprint density at radius 3 is 2.47 bits per heavy atom. The molecule has 0 bridgehead atoms. The molecule has 3 heterocycles. The van der Waals surface area contributed by atoms with E-state index in [2.05, 4.69) is 4.98 Å². The maximum absolute atomic E-state index is 14.1. The Balaban J connectivity index is 1.66. The van der Waals surface area contributed by atoms with Crippen LogP contribution in [0.1, 0.15) is 22.4 Å². The van der Waals surface area contributed by atoms with Crippen LogP contribution in [0, 0.1) is 26.6 Å². The molecule has 0 atom stereocenters. The van der Waals surface area contributed by atoms with E-state index in [0.29, 0.717) is 35.6 Å². The van der Waals surface area contributed by atoms with Crippen molar-refractivity contribution in [3.63, 3.8) is 0 Å². The average Bonchev–Trinajstić information content (AvgIpc) is 3.24. The molecule has 0 aliphatic heterocycles. The molecule has 0 unspecified atom stereocenters. The van der Waals surface area contributed by atoms with Gasteiger partial charge in [0.1, 0.15) is 11.6 Å². The summed E-state index contributed by atoms with van der Waals surface area (Å²) in [5.74, 6) is 0.119. The van der Waals surface area contributed by atoms with Crippen LogP contribution in [0.15, 0.2) is 83.8 Å². The summed E-state index contributed by atoms with van der Waals surface area (Å²) in [5.41, 5.74) is 5.88. The third kappa shape index (κ3) is 4.64. The minimum atomic E-state index is -0.359. The van der Waals surface area contributed by atoms with Crippen LogP contribution in [0.4, 0.5) is 4.39 Å². The van der Waals surface area contributed by atoms with Gasteiger partial charge in [-0.05, 0) is 68.1 Å². The van der Waals surface area contributed by atoms with E-state index < -0.39 is 0 Å². The molecule has 0 aliphatic rings. The highest BCUT2D eigenvalue weighted by Crippen LogP contribution is 2.38. The number of nitrogens with zero attached hydrogens (tertiary/aromatic N) is 3. The van der Waals surface area contributed by atoms with Gasteiger partial charge < -0.3 is 0 Å². The third-order valence-electron chi connectivity index (χ3n) is 6.29. The second-order valence-electron chi connectivity index (χ2n) is 8.89. The Morgan fingerprint density at radius 1 is 0.917 bits per heavy atom. The predicted octanol–water partition coefficient (Wildman–Crippen LogP) is 7.01. The topological polar surface area (TPSA) is 47.8 Å². The number of hydrogen-bond donors (Lipinski definition) is 0. The quantitative estimate of drug-likeness (QED) is 0.255. The SMILES string of the molecule is Cc1cccnc1-c1sc(-c2c(C)nc(-c3cccc(F)c3)n(CCc3ccccc3)c2=O)cc1C. The lowest BCUT2D eigenvalue weighted by Gasteiger charge is -2.16. The fourth-order valence-electron chi connectivity index (χ4n) is 4.45. The number of aromatic nitrogens is 3. The smallest absolute Gasteiger partial charge is 0.262 e. The highest BCUT2D eigenvalue weighted by molar-refractivity contribution is 7.19. The molecule has 0 amide bonds. The van der Waals surface area contributed by atoms with Crippen LogP contribution in [0.25, 0.3) is 32.4 Å². The van der Waals surface area contributed by atoms with Crippen LogP contribution in [0.5, 0.6) is 0 Å². The summed E-state index contributed by atoms with van der Waals surface area (Å²) in [7, 11) is 0. The first-order valence-corrected chi connectivity index (χ1v) is 12.7. The van der Waals surface area contributed by atoms with Gasteiger partial charge in [-0.2, -0.15) is 0 Å². The Morgan fingerprint density at radius 2 is 1.72 bits per heavy atom. The highest BCUT2D eigenvalue weighted by atomic mass is 32.1. The number of pyridine rings is 1. The van der Waals surface area contributed by atoms with Crippen molar-refractivity contribution in [3.8, 4) is 32.4 Å². The van der Waals surface area contributed by atoms with Crippen molar-refractivity contribution in [2.75, 3.05) is 0 Å². The normalized spacial score (nSPS) is 11.1. The lowest BCUT2D eigenvalue weighted by Crippen LogP contribution is -2.27. The van der Waals surface area contributed by atoms with Crippen LogP contribution in [0.3, 0.4) is 0 Å². The zero-order chi connectivity index (χ0) is 25.2. The molecular formula is C30H26FN3OS. The monoisotopic (exact) mass is 495 g/mol. The largest absolute Gasteiger partial charge is 0.292 e. The fraction of sp³-hybridized carbons (Fsp3) is 0.167. The maximum atomic E-state index is 14.1. The Labute approximate surface area is 213 Å². The van der Waals surface area contributed by atoms with Gasteiger partial charge in [-0.3, -0.25) is 14.3 Å². The molecule has 180 valence electrons. The summed E-state index contributed by atoms with van der Waals surface area (Å²) in [4.78, 5) is 25.4. The second kappa shape index (κ2) is 9.99. The Bertz CT molecular complexity index is 1600. The molecule has 5 aromatic rings. The lowest BCUT2D eigenvalue weighted by molar-refractivity contribution is 0.626. The van der Waals surface area contributed by atoms with Gasteiger partial charge in [-0.15, -0.1) is 11.3 Å². The lowest BCUT2D eigenvalue weighted by atomic mass is 10.1. The molecule has 5 rings (SSSR count). The molecule has 0 fully saturated rings. The van der Waals surface area contributed by atoms with Crippen molar-refractivity contribution in [1.82, 2.24) is 14.5 Å². The second-order valence-corrected chi connectivity index (χ2v) is 9.94. The molecule has 2 aromatic carbocycles. The van der Waals surface area contributed by atoms with E-state index in [9.17, 15) is 9.18 Å². The highest BCUT2D eigenvalue weighted by Gasteiger charge is 2.21. The Kier molecular flexibility index (Phi) is 6.61. The van der Waals surface area contributed by atoms with Crippen molar-refractivity contribution < 1.29 is 4.39 Å². The van der Waals surface area contributed by atoms with E-state index in [0.717, 1.165) is 32.1 Å². The molecule has 6 heteroatoms. The van der Waals surface area contributed by atoms with Gasteiger partial charge in [-0.1, -0.05) is 48.5 Å². The van der Waals surface area contributed by atoms with Crippen LogP contribution >= 0.6 is 11.3 Å². The standard InChI is InChI=1S/C30H26FN3OS/c1-19-9-8-15-32-27(19)28-20(2)17-25(36-28)26-21(3)33-29(23-12-7-13-24(31)18-23)34(30(26)35)16-14-22-10-5-4-6-11-22/h4-13,15,17-18H,14,16H2,1-3H3. The molecule has 0 spiro atoms. The average molecular weight is 496 g/mol. The summed E-state index contributed by atoms with van der Waals surface area (Å²) in [6.07, 6.45) is 2.45. The summed E-state index contributed by atoms with van der Waals surface area (Å²) in [6.45, 7) is 6.37. The first-order chi connectivity index (χ1) is 17.4. The summed E-state index contributed by atoms with van der Waals surface area (Å²) >= 11 is 1.56. The van der Waals surface area contributed by atoms with Gasteiger partial charge in [0.15, 0.2) is 0 Å². The van der Waals surface area contributed by atoms with Crippen molar-refractivity contribution in [3.05, 3.63) is 118 Å². The zero-order valence-corrected chi connectivity index (χ0v) is 21.3. The van der Waals surface area contributed by atoms with Crippen molar-refractivity contribution in [1.29, 1.82) is 0 Å². The third-order valence-corrected chi connectivity index (χ3v) is 7.55. The first-order valence-electron chi connectivity index (χ1n) is 11.9. The summed E-state index contributed by atoms with van der Waals surface area (Å²) < 4.78 is 15.8. The molecular weight excluding hydrogens is 469 g/mol. The van der Waals surface area contributed by atoms with E-state index in [1.165, 1.54) is 12.1 Å². The van der Waals surface area contributed by atoms with E-state index in [4.69, 9.17) is 4.98 Å². The molecule has 0 saturated heterocycles. The first kappa shape index (κ1) is 23.8. The number of rotatable bonds is 6. The van der Waals surface area contributed by atoms with Crippen LogP contribution in [-0.4, -0.2) is 14.5 Å². The van der Waals surface area contributed by atoms with Crippen LogP contribution < -0.4 is 5.56 Å². The molecule has 0 radical (unpaired) electrons. The molecule has 4 nitrogen and oxygen atoms in total. The molecule has 0 N–H and O–H groups in total. The number of benzene rings is 2. The molecule has 3 aromatic heterocycles. The minimum Gasteiger partial charge on any atom is -0.292 e. The number of thiophene rings is 1. The predicted molar refractivity (Wildman–Crippen MR) is 145 cm³/mol. The van der Waals surface area contributed by atoms with Crippen LogP contribution in [-0.2, 0) is 13.0 Å². The van der Waals surface area contributed by atoms with Crippen molar-refractivity contribution in [2.45, 2.75) is 33.7 Å². The van der Waals surface area contributed by atoms with E-state index >= 15 is 0 Å². The zero-order valence-electron chi connectivity index (χ0n) is 20.5.